The van der Waals surface area contributed by atoms with Crippen LogP contribution in [0.25, 0.3) is 10.9 Å². The van der Waals surface area contributed by atoms with Crippen LogP contribution in [0.3, 0.4) is 0 Å². The molecule has 6 nitrogen and oxygen atoms in total. The molecule has 2 N–H and O–H groups in total. The van der Waals surface area contributed by atoms with Crippen LogP contribution in [0.4, 0.5) is 10.5 Å². The minimum Gasteiger partial charge on any atom is -0.383 e. The fraction of sp³-hybridized carbons (Fsp3) is 0.471. The van der Waals surface area contributed by atoms with E-state index in [9.17, 15) is 4.79 Å². The Balaban J connectivity index is 1.58. The second-order valence-corrected chi connectivity index (χ2v) is 5.84. The lowest BCUT2D eigenvalue weighted by Gasteiger charge is -2.11. The molecule has 0 aliphatic carbocycles. The minimum atomic E-state index is -0.171. The molecule has 0 saturated carbocycles. The summed E-state index contributed by atoms with van der Waals surface area (Å²) in [6.45, 7) is 3.68. The normalized spacial score (nSPS) is 17.5. The summed E-state index contributed by atoms with van der Waals surface area (Å²) in [5.41, 5.74) is 1.93. The van der Waals surface area contributed by atoms with Crippen molar-refractivity contribution in [2.45, 2.75) is 13.0 Å². The van der Waals surface area contributed by atoms with Gasteiger partial charge in [-0.25, -0.2) is 4.79 Å². The fourth-order valence-corrected chi connectivity index (χ4v) is 2.82. The second kappa shape index (κ2) is 7.48. The zero-order chi connectivity index (χ0) is 16.1. The summed E-state index contributed by atoms with van der Waals surface area (Å²) in [4.78, 5) is 12.0. The molecule has 0 bridgehead atoms. The molecular weight excluding hydrogens is 294 g/mol. The van der Waals surface area contributed by atoms with Gasteiger partial charge >= 0.3 is 6.03 Å². The molecule has 1 fully saturated rings. The van der Waals surface area contributed by atoms with E-state index in [-0.39, 0.29) is 6.03 Å². The largest absolute Gasteiger partial charge is 0.383 e. The van der Waals surface area contributed by atoms with Crippen LogP contribution in [0.5, 0.6) is 0 Å². The van der Waals surface area contributed by atoms with E-state index in [4.69, 9.17) is 9.47 Å². The van der Waals surface area contributed by atoms with E-state index in [0.29, 0.717) is 19.1 Å². The number of carbonyl (C=O) groups excluding carboxylic acids is 1. The second-order valence-electron chi connectivity index (χ2n) is 5.84. The summed E-state index contributed by atoms with van der Waals surface area (Å²) >= 11 is 0. The lowest BCUT2D eigenvalue weighted by Crippen LogP contribution is -2.33. The average Bonchev–Trinajstić information content (AvgIpc) is 3.20. The van der Waals surface area contributed by atoms with E-state index in [0.717, 1.165) is 42.8 Å². The standard InChI is InChI=1S/C17H23N3O3/c1-22-9-7-20-6-4-14-10-15(2-3-16(14)20)19-17(21)18-11-13-5-8-23-12-13/h2-4,6,10,13H,5,7-9,11-12H2,1H3,(H2,18,19,21)/t13-/m1/s1. The summed E-state index contributed by atoms with van der Waals surface area (Å²) < 4.78 is 12.6. The first-order chi connectivity index (χ1) is 11.3. The Labute approximate surface area is 135 Å². The number of fused-ring (bicyclic) bond motifs is 1. The predicted molar refractivity (Wildman–Crippen MR) is 89.8 cm³/mol. The van der Waals surface area contributed by atoms with Crippen molar-refractivity contribution < 1.29 is 14.3 Å². The number of hydrogen-bond acceptors (Lipinski definition) is 3. The number of methoxy groups -OCH3 is 1. The van der Waals surface area contributed by atoms with Crippen LogP contribution in [-0.2, 0) is 16.0 Å². The number of rotatable bonds is 6. The lowest BCUT2D eigenvalue weighted by atomic mass is 10.1. The minimum absolute atomic E-state index is 0.171. The first-order valence-corrected chi connectivity index (χ1v) is 7.96. The van der Waals surface area contributed by atoms with Gasteiger partial charge in [-0.15, -0.1) is 0 Å². The lowest BCUT2D eigenvalue weighted by molar-refractivity contribution is 0.185. The number of ether oxygens (including phenoxy) is 2. The average molecular weight is 317 g/mol. The van der Waals surface area contributed by atoms with Gasteiger partial charge in [-0.05, 0) is 30.7 Å². The number of benzene rings is 1. The summed E-state index contributed by atoms with van der Waals surface area (Å²) in [6, 6.07) is 7.80. The van der Waals surface area contributed by atoms with Gasteiger partial charge in [0.25, 0.3) is 0 Å². The fourth-order valence-electron chi connectivity index (χ4n) is 2.82. The Bertz CT molecular complexity index is 662. The van der Waals surface area contributed by atoms with Crippen LogP contribution in [0, 0.1) is 5.92 Å². The van der Waals surface area contributed by atoms with E-state index < -0.39 is 0 Å². The van der Waals surface area contributed by atoms with Crippen LogP contribution in [0.2, 0.25) is 0 Å². The van der Waals surface area contributed by atoms with Gasteiger partial charge in [0.05, 0.1) is 13.2 Å². The molecule has 2 amide bonds. The molecule has 1 atom stereocenters. The van der Waals surface area contributed by atoms with Gasteiger partial charge in [0.1, 0.15) is 0 Å². The highest BCUT2D eigenvalue weighted by Gasteiger charge is 2.16. The van der Waals surface area contributed by atoms with E-state index >= 15 is 0 Å². The summed E-state index contributed by atoms with van der Waals surface area (Å²) in [6.07, 6.45) is 3.05. The maximum absolute atomic E-state index is 12.0. The van der Waals surface area contributed by atoms with Crippen molar-refractivity contribution in [2.24, 2.45) is 5.92 Å². The van der Waals surface area contributed by atoms with E-state index in [1.165, 1.54) is 0 Å². The SMILES string of the molecule is COCCn1ccc2cc(NC(=O)NC[C@H]3CCOC3)ccc21. The van der Waals surface area contributed by atoms with Crippen molar-refractivity contribution in [3.05, 3.63) is 30.5 Å². The summed E-state index contributed by atoms with van der Waals surface area (Å²) in [7, 11) is 1.70. The monoisotopic (exact) mass is 317 g/mol. The van der Waals surface area contributed by atoms with Crippen LogP contribution in [-0.4, -0.2) is 44.1 Å². The molecule has 0 radical (unpaired) electrons. The van der Waals surface area contributed by atoms with Gasteiger partial charge in [-0.3, -0.25) is 0 Å². The molecule has 6 heteroatoms. The first kappa shape index (κ1) is 15.8. The van der Waals surface area contributed by atoms with Gasteiger partial charge in [0.15, 0.2) is 0 Å². The number of urea groups is 1. The molecule has 1 aliphatic rings. The molecule has 0 unspecified atom stereocenters. The molecule has 1 aromatic heterocycles. The molecule has 23 heavy (non-hydrogen) atoms. The number of carbonyl (C=O) groups is 1. The maximum atomic E-state index is 12.0. The van der Waals surface area contributed by atoms with Crippen molar-refractivity contribution in [3.8, 4) is 0 Å². The van der Waals surface area contributed by atoms with E-state index in [1.54, 1.807) is 7.11 Å². The first-order valence-electron chi connectivity index (χ1n) is 7.96. The van der Waals surface area contributed by atoms with Crippen molar-refractivity contribution in [3.63, 3.8) is 0 Å². The molecule has 124 valence electrons. The van der Waals surface area contributed by atoms with Gasteiger partial charge in [0.2, 0.25) is 0 Å². The topological polar surface area (TPSA) is 64.5 Å². The van der Waals surface area contributed by atoms with Gasteiger partial charge in [-0.2, -0.15) is 0 Å². The van der Waals surface area contributed by atoms with Crippen molar-refractivity contribution in [1.82, 2.24) is 9.88 Å². The maximum Gasteiger partial charge on any atom is 0.319 e. The highest BCUT2D eigenvalue weighted by Crippen LogP contribution is 2.20. The molecule has 3 rings (SSSR count). The van der Waals surface area contributed by atoms with E-state index in [1.807, 2.05) is 30.5 Å². The molecular formula is C17H23N3O3. The van der Waals surface area contributed by atoms with Gasteiger partial charge in [-0.1, -0.05) is 0 Å². The number of anilines is 1. The summed E-state index contributed by atoms with van der Waals surface area (Å²) in [5, 5.41) is 6.89. The van der Waals surface area contributed by atoms with Crippen LogP contribution >= 0.6 is 0 Å². The number of hydrogen-bond donors (Lipinski definition) is 2. The Morgan fingerprint density at radius 2 is 2.35 bits per heavy atom. The van der Waals surface area contributed by atoms with Crippen molar-refractivity contribution in [2.75, 3.05) is 38.8 Å². The number of nitrogens with zero attached hydrogens (tertiary/aromatic N) is 1. The highest BCUT2D eigenvalue weighted by molar-refractivity contribution is 5.92. The molecule has 1 aliphatic heterocycles. The molecule has 2 heterocycles. The summed E-state index contributed by atoms with van der Waals surface area (Å²) in [5.74, 6) is 0.429. The van der Waals surface area contributed by atoms with Crippen molar-refractivity contribution in [1.29, 1.82) is 0 Å². The zero-order valence-electron chi connectivity index (χ0n) is 13.4. The molecule has 0 spiro atoms. The highest BCUT2D eigenvalue weighted by atomic mass is 16.5. The Morgan fingerprint density at radius 3 is 3.13 bits per heavy atom. The molecule has 1 saturated heterocycles. The van der Waals surface area contributed by atoms with Crippen LogP contribution in [0.15, 0.2) is 30.5 Å². The molecule has 1 aromatic carbocycles. The Kier molecular flexibility index (Phi) is 5.15. The third-order valence-electron chi connectivity index (χ3n) is 4.14. The zero-order valence-corrected chi connectivity index (χ0v) is 13.4. The van der Waals surface area contributed by atoms with Crippen molar-refractivity contribution >= 4 is 22.6 Å². The Morgan fingerprint density at radius 1 is 1.43 bits per heavy atom. The number of aromatic nitrogens is 1. The van der Waals surface area contributed by atoms with Gasteiger partial charge in [0, 0.05) is 55.5 Å². The Hall–Kier alpha value is -2.05. The van der Waals surface area contributed by atoms with Gasteiger partial charge < -0.3 is 24.7 Å². The quantitative estimate of drug-likeness (QED) is 0.860. The van der Waals surface area contributed by atoms with Crippen LogP contribution in [0.1, 0.15) is 6.42 Å². The van der Waals surface area contributed by atoms with E-state index in [2.05, 4.69) is 15.2 Å². The third kappa shape index (κ3) is 4.03. The molecule has 2 aromatic rings. The number of amides is 2. The smallest absolute Gasteiger partial charge is 0.319 e. The predicted octanol–water partition coefficient (Wildman–Crippen LogP) is 2.45. The number of nitrogens with one attached hydrogen (secondary N) is 2. The third-order valence-corrected chi connectivity index (χ3v) is 4.14. The van der Waals surface area contributed by atoms with Crippen LogP contribution < -0.4 is 10.6 Å².